The summed E-state index contributed by atoms with van der Waals surface area (Å²) in [6.07, 6.45) is -4.55. The Balaban J connectivity index is 1.96. The van der Waals surface area contributed by atoms with E-state index in [1.165, 1.54) is 11.6 Å². The van der Waals surface area contributed by atoms with E-state index in [1.807, 2.05) is 13.8 Å². The lowest BCUT2D eigenvalue weighted by Crippen LogP contribution is -2.28. The van der Waals surface area contributed by atoms with Gasteiger partial charge >= 0.3 is 6.18 Å². The van der Waals surface area contributed by atoms with E-state index >= 15 is 0 Å². The molecule has 15 heteroatoms. The highest BCUT2D eigenvalue weighted by molar-refractivity contribution is 7.85. The van der Waals surface area contributed by atoms with Gasteiger partial charge in [-0.3, -0.25) is 4.79 Å². The van der Waals surface area contributed by atoms with Gasteiger partial charge in [0.15, 0.2) is 11.5 Å². The number of alkyl halides is 3. The monoisotopic (exact) mass is 547 g/mol. The van der Waals surface area contributed by atoms with Gasteiger partial charge in [-0.2, -0.15) is 13.2 Å². The van der Waals surface area contributed by atoms with Crippen molar-refractivity contribution in [3.05, 3.63) is 52.7 Å². The van der Waals surface area contributed by atoms with E-state index in [9.17, 15) is 30.9 Å². The van der Waals surface area contributed by atoms with E-state index in [1.54, 1.807) is 24.3 Å². The summed E-state index contributed by atoms with van der Waals surface area (Å²) in [5, 5.41) is 11.2. The zero-order valence-corrected chi connectivity index (χ0v) is 21.0. The molecule has 0 fully saturated rings. The van der Waals surface area contributed by atoms with Crippen molar-refractivity contribution >= 4 is 33.4 Å². The Morgan fingerprint density at radius 1 is 1.22 bits per heavy atom. The molecule has 0 bridgehead atoms. The summed E-state index contributed by atoms with van der Waals surface area (Å²) in [7, 11) is -4.58. The van der Waals surface area contributed by atoms with Crippen LogP contribution in [-0.2, 0) is 21.1 Å². The molecular weight excluding hydrogens is 525 g/mol. The molecular formula is C21H23ClF3N6O4S-. The predicted molar refractivity (Wildman–Crippen MR) is 124 cm³/mol. The molecule has 0 saturated heterocycles. The zero-order chi connectivity index (χ0) is 26.8. The average molecular weight is 548 g/mol. The first kappa shape index (κ1) is 27.6. The van der Waals surface area contributed by atoms with Gasteiger partial charge in [-0.25, -0.2) is 18.1 Å². The zero-order valence-electron chi connectivity index (χ0n) is 19.5. The third-order valence-corrected chi connectivity index (χ3v) is 6.32. The number of nitrogens with zero attached hydrogens (tertiary/aromatic N) is 5. The topological polar surface area (TPSA) is 135 Å². The fraction of sp³-hybridized carbons (Fsp3) is 0.429. The van der Waals surface area contributed by atoms with Crippen LogP contribution in [0.2, 0.25) is 5.02 Å². The third kappa shape index (κ3) is 6.62. The molecule has 1 atom stereocenters. The number of aromatic nitrogens is 5. The van der Waals surface area contributed by atoms with Crippen LogP contribution in [0.1, 0.15) is 55.9 Å². The molecule has 196 valence electrons. The lowest BCUT2D eigenvalue weighted by atomic mass is 10.1. The SMILES string of the molecule is Cc1nc(C(F)(F)F)cn1[C@@H](CCCS(=O)(=O)[O-])C(=O)Nc1nnn(-c2ccc(Cl)cc2)c1C(C)C. The van der Waals surface area contributed by atoms with E-state index in [0.29, 0.717) is 22.6 Å². The summed E-state index contributed by atoms with van der Waals surface area (Å²) in [4.78, 5) is 16.8. The molecule has 10 nitrogen and oxygen atoms in total. The number of benzene rings is 1. The van der Waals surface area contributed by atoms with E-state index in [0.717, 1.165) is 4.57 Å². The van der Waals surface area contributed by atoms with E-state index < -0.39 is 39.7 Å². The van der Waals surface area contributed by atoms with Crippen molar-refractivity contribution in [3.8, 4) is 5.69 Å². The fourth-order valence-electron chi connectivity index (χ4n) is 3.66. The first-order chi connectivity index (χ1) is 16.7. The molecule has 3 rings (SSSR count). The van der Waals surface area contributed by atoms with E-state index in [-0.39, 0.29) is 30.4 Å². The number of halogens is 4. The van der Waals surface area contributed by atoms with Gasteiger partial charge < -0.3 is 14.4 Å². The summed E-state index contributed by atoms with van der Waals surface area (Å²) in [6.45, 7) is 4.97. The number of anilines is 1. The van der Waals surface area contributed by atoms with E-state index in [2.05, 4.69) is 20.6 Å². The predicted octanol–water partition coefficient (Wildman–Crippen LogP) is 4.07. The summed E-state index contributed by atoms with van der Waals surface area (Å²) in [6, 6.07) is 5.42. The largest absolute Gasteiger partial charge is 0.748 e. The minimum Gasteiger partial charge on any atom is -0.748 e. The number of rotatable bonds is 9. The molecule has 1 aromatic carbocycles. The van der Waals surface area contributed by atoms with Crippen molar-refractivity contribution < 1.29 is 30.9 Å². The van der Waals surface area contributed by atoms with Gasteiger partial charge in [0.2, 0.25) is 5.91 Å². The molecule has 2 heterocycles. The Bertz CT molecular complexity index is 1340. The van der Waals surface area contributed by atoms with E-state index in [4.69, 9.17) is 11.6 Å². The maximum absolute atomic E-state index is 13.3. The summed E-state index contributed by atoms with van der Waals surface area (Å²) < 4.78 is 75.2. The number of carbonyl (C=O) groups excluding carboxylic acids is 1. The number of amides is 1. The number of nitrogens with one attached hydrogen (secondary N) is 1. The number of carbonyl (C=O) groups is 1. The number of aryl methyl sites for hydroxylation is 1. The van der Waals surface area contributed by atoms with Gasteiger partial charge in [-0.05, 0) is 49.9 Å². The normalized spacial score (nSPS) is 13.2. The maximum Gasteiger partial charge on any atom is 0.434 e. The van der Waals surface area contributed by atoms with Crippen molar-refractivity contribution in [1.29, 1.82) is 0 Å². The Morgan fingerprint density at radius 2 is 1.86 bits per heavy atom. The van der Waals surface area contributed by atoms with Crippen molar-refractivity contribution in [2.75, 3.05) is 11.1 Å². The molecule has 0 aliphatic rings. The van der Waals surface area contributed by atoms with Crippen LogP contribution in [0, 0.1) is 6.92 Å². The number of hydrogen-bond donors (Lipinski definition) is 1. The summed E-state index contributed by atoms with van der Waals surface area (Å²) >= 11 is 5.94. The molecule has 0 aliphatic carbocycles. The molecule has 2 aromatic heterocycles. The Labute approximate surface area is 210 Å². The molecule has 3 aromatic rings. The number of imidazole rings is 1. The van der Waals surface area contributed by atoms with Crippen molar-refractivity contribution in [1.82, 2.24) is 24.5 Å². The minimum atomic E-state index is -4.75. The lowest BCUT2D eigenvalue weighted by molar-refractivity contribution is -0.141. The molecule has 0 unspecified atom stereocenters. The van der Waals surface area contributed by atoms with Gasteiger partial charge in [0.25, 0.3) is 0 Å². The summed E-state index contributed by atoms with van der Waals surface area (Å²) in [5.41, 5.74) is -0.0655. The average Bonchev–Trinajstić information content (AvgIpc) is 3.34. The Kier molecular flexibility index (Phi) is 8.10. The third-order valence-electron chi connectivity index (χ3n) is 5.28. The second-order valence-corrected chi connectivity index (χ2v) is 10.3. The van der Waals surface area contributed by atoms with Crippen LogP contribution in [-0.4, -0.2) is 49.2 Å². The molecule has 36 heavy (non-hydrogen) atoms. The fourth-order valence-corrected chi connectivity index (χ4v) is 4.30. The highest BCUT2D eigenvalue weighted by Gasteiger charge is 2.36. The second kappa shape index (κ2) is 10.6. The van der Waals surface area contributed by atoms with Gasteiger partial charge in [0.05, 0.1) is 21.5 Å². The molecule has 0 aliphatic heterocycles. The highest BCUT2D eigenvalue weighted by atomic mass is 35.5. The maximum atomic E-state index is 13.3. The van der Waals surface area contributed by atoms with Crippen LogP contribution in [0.3, 0.4) is 0 Å². The van der Waals surface area contributed by atoms with Crippen molar-refractivity contribution in [2.24, 2.45) is 0 Å². The highest BCUT2D eigenvalue weighted by Crippen LogP contribution is 2.31. The molecule has 0 radical (unpaired) electrons. The first-order valence-corrected chi connectivity index (χ1v) is 12.7. The van der Waals surface area contributed by atoms with Crippen LogP contribution in [0.15, 0.2) is 30.5 Å². The van der Waals surface area contributed by atoms with Crippen LogP contribution in [0.25, 0.3) is 5.69 Å². The first-order valence-electron chi connectivity index (χ1n) is 10.8. The van der Waals surface area contributed by atoms with Gasteiger partial charge in [0, 0.05) is 17.0 Å². The van der Waals surface area contributed by atoms with Crippen molar-refractivity contribution in [3.63, 3.8) is 0 Å². The van der Waals surface area contributed by atoms with Crippen LogP contribution >= 0.6 is 11.6 Å². The standard InChI is InChI=1S/C21H24ClF3N6O4S/c1-12(2)18-19(28-29-31(18)15-8-6-14(22)7-9-15)27-20(32)16(5-4-10-36(33,34)35)30-11-17(21(23,24)25)26-13(30)3/h6-9,11-12,16H,4-5,10H2,1-3H3,(H,27,32)(H,33,34,35)/p-1/t16-/m0/s1. The van der Waals surface area contributed by atoms with Crippen molar-refractivity contribution in [2.45, 2.75) is 51.7 Å². The van der Waals surface area contributed by atoms with Gasteiger partial charge in [0.1, 0.15) is 11.9 Å². The molecule has 0 saturated carbocycles. The number of hydrogen-bond acceptors (Lipinski definition) is 7. The van der Waals surface area contributed by atoms with Crippen LogP contribution in [0.4, 0.5) is 19.0 Å². The molecule has 1 N–H and O–H groups in total. The van der Waals surface area contributed by atoms with Crippen LogP contribution in [0.5, 0.6) is 0 Å². The Morgan fingerprint density at radius 3 is 2.39 bits per heavy atom. The minimum absolute atomic E-state index is 0.0835. The molecule has 0 spiro atoms. The molecule has 1 amide bonds. The quantitative estimate of drug-likeness (QED) is 0.399. The van der Waals surface area contributed by atoms with Gasteiger partial charge in [-0.15, -0.1) is 5.10 Å². The second-order valence-electron chi connectivity index (χ2n) is 8.35. The van der Waals surface area contributed by atoms with Crippen LogP contribution < -0.4 is 5.32 Å². The lowest BCUT2D eigenvalue weighted by Gasteiger charge is -2.20. The Hall–Kier alpha value is -2.97. The smallest absolute Gasteiger partial charge is 0.434 e. The van der Waals surface area contributed by atoms with Gasteiger partial charge in [-0.1, -0.05) is 30.7 Å². The summed E-state index contributed by atoms with van der Waals surface area (Å²) in [5.74, 6) is -1.75.